The zero-order valence-corrected chi connectivity index (χ0v) is 12.7. The van der Waals surface area contributed by atoms with Gasteiger partial charge >= 0.3 is 0 Å². The van der Waals surface area contributed by atoms with Gasteiger partial charge in [-0.1, -0.05) is 0 Å². The maximum absolute atomic E-state index is 5.86. The van der Waals surface area contributed by atoms with Gasteiger partial charge in [0.2, 0.25) is 0 Å². The average molecular weight is 338 g/mol. The Bertz CT molecular complexity index is 623. The first-order valence-corrected chi connectivity index (χ1v) is 7.28. The van der Waals surface area contributed by atoms with Crippen LogP contribution < -0.4 is 15.2 Å². The number of aromatic nitrogens is 2. The molecule has 0 saturated heterocycles. The van der Waals surface area contributed by atoms with Crippen molar-refractivity contribution in [1.82, 2.24) is 10.2 Å². The molecule has 6 heteroatoms. The highest BCUT2D eigenvalue weighted by Gasteiger charge is 2.23. The summed E-state index contributed by atoms with van der Waals surface area (Å²) >= 11 is 3.54. The van der Waals surface area contributed by atoms with Gasteiger partial charge in [0.1, 0.15) is 5.82 Å². The van der Waals surface area contributed by atoms with Crippen molar-refractivity contribution in [3.05, 3.63) is 22.7 Å². The second-order valence-electron chi connectivity index (χ2n) is 4.95. The third kappa shape index (κ3) is 2.75. The summed E-state index contributed by atoms with van der Waals surface area (Å²) < 4.78 is 12.1. The van der Waals surface area contributed by atoms with Crippen LogP contribution in [0.2, 0.25) is 0 Å². The van der Waals surface area contributed by atoms with Crippen LogP contribution in [0.4, 0.5) is 5.82 Å². The third-order valence-corrected chi connectivity index (χ3v) is 3.89. The van der Waals surface area contributed by atoms with E-state index in [-0.39, 0.29) is 0 Å². The lowest BCUT2D eigenvalue weighted by Gasteiger charge is -2.13. The van der Waals surface area contributed by atoms with E-state index in [1.807, 2.05) is 12.1 Å². The van der Waals surface area contributed by atoms with Crippen LogP contribution in [0.1, 0.15) is 12.8 Å². The first-order chi connectivity index (χ1) is 9.67. The molecular formula is C14H16BrN3O2. The standard InChI is InChI=1S/C14H16BrN3O2/c1-19-12-5-9(11-6-13(16)18-17-11)4-10(15)14(12)20-7-8-2-3-8/h4-6,8H,2-3,7H2,1H3,(H3,16,17,18). The van der Waals surface area contributed by atoms with Crippen molar-refractivity contribution in [3.8, 4) is 22.8 Å². The van der Waals surface area contributed by atoms with Crippen molar-refractivity contribution in [3.63, 3.8) is 0 Å². The summed E-state index contributed by atoms with van der Waals surface area (Å²) in [5, 5.41) is 6.82. The predicted molar refractivity (Wildman–Crippen MR) is 80.9 cm³/mol. The van der Waals surface area contributed by atoms with E-state index in [1.165, 1.54) is 12.8 Å². The Hall–Kier alpha value is -1.69. The van der Waals surface area contributed by atoms with E-state index in [9.17, 15) is 0 Å². The number of aromatic amines is 1. The first-order valence-electron chi connectivity index (χ1n) is 6.49. The fourth-order valence-electron chi connectivity index (χ4n) is 1.99. The topological polar surface area (TPSA) is 73.2 Å². The average Bonchev–Trinajstić information content (AvgIpc) is 3.16. The van der Waals surface area contributed by atoms with Crippen molar-refractivity contribution in [1.29, 1.82) is 0 Å². The molecule has 1 aromatic carbocycles. The maximum atomic E-state index is 5.86. The van der Waals surface area contributed by atoms with E-state index < -0.39 is 0 Å². The molecule has 0 amide bonds. The minimum atomic E-state index is 0.462. The van der Waals surface area contributed by atoms with Gasteiger partial charge < -0.3 is 15.2 Å². The Labute approximate surface area is 125 Å². The zero-order chi connectivity index (χ0) is 14.1. The number of H-pyrrole nitrogens is 1. The molecule has 0 atom stereocenters. The zero-order valence-electron chi connectivity index (χ0n) is 11.1. The Morgan fingerprint density at radius 2 is 2.20 bits per heavy atom. The van der Waals surface area contributed by atoms with Gasteiger partial charge in [-0.25, -0.2) is 0 Å². The molecule has 1 aliphatic rings. The molecule has 2 aromatic rings. The number of hydrogen-bond donors (Lipinski definition) is 2. The Kier molecular flexibility index (Phi) is 3.56. The lowest BCUT2D eigenvalue weighted by atomic mass is 10.1. The van der Waals surface area contributed by atoms with Crippen LogP contribution in [-0.2, 0) is 0 Å². The number of halogens is 1. The number of rotatable bonds is 5. The monoisotopic (exact) mass is 337 g/mol. The van der Waals surface area contributed by atoms with Crippen molar-refractivity contribution in [2.45, 2.75) is 12.8 Å². The molecule has 0 unspecified atom stereocenters. The van der Waals surface area contributed by atoms with Crippen molar-refractivity contribution in [2.75, 3.05) is 19.5 Å². The van der Waals surface area contributed by atoms with Gasteiger partial charge in [-0.2, -0.15) is 5.10 Å². The molecule has 1 heterocycles. The summed E-state index contributed by atoms with van der Waals surface area (Å²) in [6, 6.07) is 5.67. The van der Waals surface area contributed by atoms with Crippen LogP contribution in [0.25, 0.3) is 11.3 Å². The fourth-order valence-corrected chi connectivity index (χ4v) is 2.54. The number of hydrogen-bond acceptors (Lipinski definition) is 4. The molecule has 106 valence electrons. The minimum absolute atomic E-state index is 0.462. The highest BCUT2D eigenvalue weighted by molar-refractivity contribution is 9.10. The lowest BCUT2D eigenvalue weighted by Crippen LogP contribution is -2.02. The molecule has 0 spiro atoms. The van der Waals surface area contributed by atoms with E-state index in [0.29, 0.717) is 17.5 Å². The number of nitrogens with one attached hydrogen (secondary N) is 1. The van der Waals surface area contributed by atoms with E-state index in [2.05, 4.69) is 26.1 Å². The highest BCUT2D eigenvalue weighted by Crippen LogP contribution is 2.41. The largest absolute Gasteiger partial charge is 0.493 e. The number of anilines is 1. The number of nitrogens with two attached hydrogens (primary N) is 1. The summed E-state index contributed by atoms with van der Waals surface area (Å²) in [6.07, 6.45) is 2.51. The van der Waals surface area contributed by atoms with Crippen molar-refractivity contribution in [2.24, 2.45) is 5.92 Å². The molecule has 1 aliphatic carbocycles. The van der Waals surface area contributed by atoms with Gasteiger partial charge in [0, 0.05) is 11.6 Å². The highest BCUT2D eigenvalue weighted by atomic mass is 79.9. The second kappa shape index (κ2) is 5.36. The smallest absolute Gasteiger partial charge is 0.175 e. The van der Waals surface area contributed by atoms with E-state index in [4.69, 9.17) is 15.2 Å². The van der Waals surface area contributed by atoms with Crippen molar-refractivity contribution >= 4 is 21.7 Å². The number of nitrogens with zero attached hydrogens (tertiary/aromatic N) is 1. The Balaban J connectivity index is 1.91. The maximum Gasteiger partial charge on any atom is 0.175 e. The number of methoxy groups -OCH3 is 1. The van der Waals surface area contributed by atoms with Crippen LogP contribution in [0, 0.1) is 5.92 Å². The molecule has 20 heavy (non-hydrogen) atoms. The first kappa shape index (κ1) is 13.3. The molecule has 1 aromatic heterocycles. The molecule has 3 rings (SSSR count). The number of benzene rings is 1. The predicted octanol–water partition coefficient (Wildman–Crippen LogP) is 3.22. The SMILES string of the molecule is COc1cc(-c2cc(N)n[nH]2)cc(Br)c1OCC1CC1. The number of ether oxygens (including phenoxy) is 2. The van der Waals surface area contributed by atoms with Crippen LogP contribution in [0.5, 0.6) is 11.5 Å². The fraction of sp³-hybridized carbons (Fsp3) is 0.357. The van der Waals surface area contributed by atoms with E-state index >= 15 is 0 Å². The molecule has 5 nitrogen and oxygen atoms in total. The molecular weight excluding hydrogens is 322 g/mol. The van der Waals surface area contributed by atoms with Gasteiger partial charge in [0.25, 0.3) is 0 Å². The van der Waals surface area contributed by atoms with Crippen LogP contribution >= 0.6 is 15.9 Å². The molecule has 0 bridgehead atoms. The summed E-state index contributed by atoms with van der Waals surface area (Å²) in [5.74, 6) is 2.60. The summed E-state index contributed by atoms with van der Waals surface area (Å²) in [6.45, 7) is 0.741. The summed E-state index contributed by atoms with van der Waals surface area (Å²) in [5.41, 5.74) is 7.42. The quantitative estimate of drug-likeness (QED) is 0.878. The van der Waals surface area contributed by atoms with Crippen LogP contribution in [0.15, 0.2) is 22.7 Å². The normalized spacial score (nSPS) is 14.3. The van der Waals surface area contributed by atoms with Gasteiger partial charge in [0.15, 0.2) is 11.5 Å². The van der Waals surface area contributed by atoms with Gasteiger partial charge in [-0.05, 0) is 46.8 Å². The minimum Gasteiger partial charge on any atom is -0.493 e. The van der Waals surface area contributed by atoms with Gasteiger partial charge in [-0.15, -0.1) is 0 Å². The third-order valence-electron chi connectivity index (χ3n) is 3.30. The lowest BCUT2D eigenvalue weighted by molar-refractivity contribution is 0.278. The molecule has 1 fully saturated rings. The van der Waals surface area contributed by atoms with Gasteiger partial charge in [0.05, 0.1) is 23.9 Å². The summed E-state index contributed by atoms with van der Waals surface area (Å²) in [4.78, 5) is 0. The summed E-state index contributed by atoms with van der Waals surface area (Å²) in [7, 11) is 1.64. The molecule has 3 N–H and O–H groups in total. The molecule has 0 radical (unpaired) electrons. The van der Waals surface area contributed by atoms with Gasteiger partial charge in [-0.3, -0.25) is 5.10 Å². The number of nitrogen functional groups attached to an aromatic ring is 1. The Morgan fingerprint density at radius 3 is 2.80 bits per heavy atom. The Morgan fingerprint density at radius 1 is 1.40 bits per heavy atom. The van der Waals surface area contributed by atoms with Crippen molar-refractivity contribution < 1.29 is 9.47 Å². The van der Waals surface area contributed by atoms with E-state index in [1.54, 1.807) is 13.2 Å². The van der Waals surface area contributed by atoms with Crippen LogP contribution in [-0.4, -0.2) is 23.9 Å². The molecule has 1 saturated carbocycles. The van der Waals surface area contributed by atoms with E-state index in [0.717, 1.165) is 28.1 Å². The van der Waals surface area contributed by atoms with Crippen LogP contribution in [0.3, 0.4) is 0 Å². The second-order valence-corrected chi connectivity index (χ2v) is 5.80. The molecule has 0 aliphatic heterocycles.